The fourth-order valence-corrected chi connectivity index (χ4v) is 6.64. The minimum absolute atomic E-state index is 0.0565. The maximum atomic E-state index is 13.3. The highest BCUT2D eigenvalue weighted by molar-refractivity contribution is 7.83. The number of benzene rings is 1. The molecule has 2 aromatic rings. The summed E-state index contributed by atoms with van der Waals surface area (Å²) in [5, 5.41) is 3.47. The van der Waals surface area contributed by atoms with Crippen LogP contribution in [0.4, 0.5) is 4.39 Å². The molecule has 1 fully saturated rings. The van der Waals surface area contributed by atoms with Crippen molar-refractivity contribution in [3.05, 3.63) is 35.0 Å². The summed E-state index contributed by atoms with van der Waals surface area (Å²) >= 11 is 0. The molecule has 7 nitrogen and oxygen atoms in total. The molecule has 2 atom stereocenters. The summed E-state index contributed by atoms with van der Waals surface area (Å²) in [6.07, 6.45) is 5.05. The van der Waals surface area contributed by atoms with Gasteiger partial charge in [-0.05, 0) is 74.6 Å². The van der Waals surface area contributed by atoms with Crippen LogP contribution in [0.15, 0.2) is 18.2 Å². The lowest BCUT2D eigenvalue weighted by Gasteiger charge is -2.33. The molecule has 1 aromatic carbocycles. The lowest BCUT2D eigenvalue weighted by Crippen LogP contribution is -2.41. The Hall–Kier alpha value is -2.26. The second-order valence-electron chi connectivity index (χ2n) is 9.37. The number of likely N-dealkylation sites (N-methyl/N-ethyl adjacent to an activating group) is 1. The molecule has 1 aliphatic carbocycles. The van der Waals surface area contributed by atoms with Crippen LogP contribution in [0.1, 0.15) is 54.7 Å². The number of alkyl halides is 1. The third-order valence-corrected chi connectivity index (χ3v) is 8.72. The largest absolute Gasteiger partial charge is 0.381 e. The molecule has 2 unspecified atom stereocenters. The van der Waals surface area contributed by atoms with Crippen molar-refractivity contribution < 1.29 is 22.9 Å². The number of rotatable bonds is 9. The van der Waals surface area contributed by atoms with E-state index in [1.807, 2.05) is 30.0 Å². The van der Waals surface area contributed by atoms with Crippen LogP contribution in [0.5, 0.6) is 0 Å². The van der Waals surface area contributed by atoms with Crippen molar-refractivity contribution in [2.24, 2.45) is 11.8 Å². The number of aromatic nitrogens is 1. The second kappa shape index (κ2) is 11.6. The molecule has 1 aromatic heterocycles. The summed E-state index contributed by atoms with van der Waals surface area (Å²) in [6, 6.07) is 5.57. The number of ether oxygens (including phenoxy) is 1. The third-order valence-electron chi connectivity index (χ3n) is 7.40. The molecule has 9 heteroatoms. The van der Waals surface area contributed by atoms with Crippen LogP contribution < -0.4 is 5.32 Å². The van der Waals surface area contributed by atoms with Crippen LogP contribution in [-0.2, 0) is 33.4 Å². The highest BCUT2D eigenvalue weighted by Crippen LogP contribution is 2.40. The molecule has 2 heterocycles. The zero-order chi connectivity index (χ0) is 24.9. The highest BCUT2D eigenvalue weighted by atomic mass is 32.2. The number of hydrogen-bond acceptors (Lipinski definition) is 4. The first kappa shape index (κ1) is 25.8. The standard InChI is InChI=1S/C26H36FN3O4S/c1-3-29(17-25(31)28-12-11-27)26(32)20-6-8-24-22(16-20)21-15-19(18-9-13-34-14-10-18)5-7-23(21)30(24)35(33)4-2/h6,8,16,18-19H,3-5,7,9-15,17H2,1-2H3,(H,28,31). The van der Waals surface area contributed by atoms with Crippen LogP contribution in [0.2, 0.25) is 0 Å². The SMILES string of the molecule is CCN(CC(=O)NCCF)C(=O)c1ccc2c(c1)c1c(n2S(=O)CC)CCC(C2CCOCC2)C1. The van der Waals surface area contributed by atoms with E-state index in [-0.39, 0.29) is 24.9 Å². The summed E-state index contributed by atoms with van der Waals surface area (Å²) in [5.41, 5.74) is 3.75. The maximum Gasteiger partial charge on any atom is 0.254 e. The smallest absolute Gasteiger partial charge is 0.254 e. The minimum Gasteiger partial charge on any atom is -0.381 e. The Morgan fingerprint density at radius 1 is 1.20 bits per heavy atom. The maximum absolute atomic E-state index is 13.3. The van der Waals surface area contributed by atoms with Crippen LogP contribution in [-0.4, -0.2) is 70.2 Å². The predicted molar refractivity (Wildman–Crippen MR) is 136 cm³/mol. The van der Waals surface area contributed by atoms with Gasteiger partial charge >= 0.3 is 0 Å². The van der Waals surface area contributed by atoms with E-state index in [1.165, 1.54) is 10.5 Å². The number of carbonyl (C=O) groups excluding carboxylic acids is 2. The molecular weight excluding hydrogens is 469 g/mol. The van der Waals surface area contributed by atoms with E-state index in [4.69, 9.17) is 4.74 Å². The first-order valence-electron chi connectivity index (χ1n) is 12.7. The average Bonchev–Trinajstić information content (AvgIpc) is 3.23. The van der Waals surface area contributed by atoms with Gasteiger partial charge in [0.2, 0.25) is 5.91 Å². The number of fused-ring (bicyclic) bond motifs is 3. The fraction of sp³-hybridized carbons (Fsp3) is 0.615. The predicted octanol–water partition coefficient (Wildman–Crippen LogP) is 3.25. The van der Waals surface area contributed by atoms with Gasteiger partial charge in [0.15, 0.2) is 0 Å². The summed E-state index contributed by atoms with van der Waals surface area (Å²) in [5.74, 6) is 1.11. The van der Waals surface area contributed by atoms with E-state index in [9.17, 15) is 18.2 Å². The van der Waals surface area contributed by atoms with Gasteiger partial charge in [0.05, 0.1) is 12.1 Å². The topological polar surface area (TPSA) is 80.6 Å². The Labute approximate surface area is 209 Å². The number of carbonyl (C=O) groups is 2. The van der Waals surface area contributed by atoms with Crippen molar-refractivity contribution >= 4 is 33.7 Å². The van der Waals surface area contributed by atoms with Crippen molar-refractivity contribution in [2.45, 2.75) is 46.0 Å². The van der Waals surface area contributed by atoms with E-state index in [0.29, 0.717) is 29.7 Å². The van der Waals surface area contributed by atoms with Gasteiger partial charge in [-0.3, -0.25) is 13.6 Å². The van der Waals surface area contributed by atoms with E-state index in [0.717, 1.165) is 61.9 Å². The first-order valence-corrected chi connectivity index (χ1v) is 14.0. The quantitative estimate of drug-likeness (QED) is 0.567. The van der Waals surface area contributed by atoms with Gasteiger partial charge < -0.3 is 15.0 Å². The van der Waals surface area contributed by atoms with Gasteiger partial charge in [-0.15, -0.1) is 0 Å². The van der Waals surface area contributed by atoms with E-state index in [1.54, 1.807) is 6.07 Å². The van der Waals surface area contributed by atoms with Crippen LogP contribution >= 0.6 is 0 Å². The summed E-state index contributed by atoms with van der Waals surface area (Å²) in [7, 11) is -1.16. The van der Waals surface area contributed by atoms with E-state index in [2.05, 4.69) is 5.32 Å². The van der Waals surface area contributed by atoms with Crippen LogP contribution in [0.3, 0.4) is 0 Å². The van der Waals surface area contributed by atoms with Crippen molar-refractivity contribution in [1.29, 1.82) is 0 Å². The normalized spacial score (nSPS) is 19.3. The summed E-state index contributed by atoms with van der Waals surface area (Å²) in [4.78, 5) is 26.9. The van der Waals surface area contributed by atoms with E-state index < -0.39 is 17.7 Å². The van der Waals surface area contributed by atoms with Gasteiger partial charge in [-0.2, -0.15) is 0 Å². The Bertz CT molecular complexity index is 1100. The molecule has 1 aliphatic heterocycles. The molecule has 2 amide bonds. The Balaban J connectivity index is 1.67. The molecule has 4 rings (SSSR count). The number of amides is 2. The fourth-order valence-electron chi connectivity index (χ4n) is 5.55. The summed E-state index contributed by atoms with van der Waals surface area (Å²) < 4.78 is 33.0. The van der Waals surface area contributed by atoms with E-state index >= 15 is 0 Å². The highest BCUT2D eigenvalue weighted by Gasteiger charge is 2.32. The molecule has 0 bridgehead atoms. The molecule has 192 valence electrons. The van der Waals surface area contributed by atoms with Gasteiger partial charge in [-0.1, -0.05) is 6.92 Å². The third kappa shape index (κ3) is 5.45. The Morgan fingerprint density at radius 3 is 2.66 bits per heavy atom. The zero-order valence-electron chi connectivity index (χ0n) is 20.7. The number of nitrogens with zero attached hydrogens (tertiary/aromatic N) is 2. The molecule has 0 saturated carbocycles. The molecule has 0 radical (unpaired) electrons. The zero-order valence-corrected chi connectivity index (χ0v) is 21.5. The lowest BCUT2D eigenvalue weighted by atomic mass is 9.75. The van der Waals surface area contributed by atoms with Crippen molar-refractivity contribution in [3.63, 3.8) is 0 Å². The summed E-state index contributed by atoms with van der Waals surface area (Å²) in [6.45, 7) is 4.94. The number of nitrogens with one attached hydrogen (secondary N) is 1. The molecule has 1 N–H and O–H groups in total. The second-order valence-corrected chi connectivity index (χ2v) is 11.0. The average molecular weight is 506 g/mol. The van der Waals surface area contributed by atoms with Crippen LogP contribution in [0.25, 0.3) is 10.9 Å². The first-order chi connectivity index (χ1) is 17.0. The lowest BCUT2D eigenvalue weighted by molar-refractivity contribution is -0.121. The molecular formula is C26H36FN3O4S. The van der Waals surface area contributed by atoms with Gasteiger partial charge in [0, 0.05) is 48.7 Å². The monoisotopic (exact) mass is 505 g/mol. The van der Waals surface area contributed by atoms with Gasteiger partial charge in [-0.25, -0.2) is 8.60 Å². The van der Waals surface area contributed by atoms with Gasteiger partial charge in [0.1, 0.15) is 17.7 Å². The van der Waals surface area contributed by atoms with Crippen molar-refractivity contribution in [3.8, 4) is 0 Å². The van der Waals surface area contributed by atoms with Crippen molar-refractivity contribution in [2.75, 3.05) is 45.3 Å². The van der Waals surface area contributed by atoms with Crippen LogP contribution in [0, 0.1) is 11.8 Å². The van der Waals surface area contributed by atoms with Gasteiger partial charge in [0.25, 0.3) is 5.91 Å². The molecule has 35 heavy (non-hydrogen) atoms. The molecule has 1 saturated heterocycles. The minimum atomic E-state index is -1.16. The number of hydrogen-bond donors (Lipinski definition) is 1. The Kier molecular flexibility index (Phi) is 8.59. The van der Waals surface area contributed by atoms with Crippen molar-refractivity contribution in [1.82, 2.24) is 14.2 Å². The molecule has 2 aliphatic rings. The number of halogens is 1. The molecule has 0 spiro atoms. The Morgan fingerprint density at radius 2 is 1.97 bits per heavy atom.